The van der Waals surface area contributed by atoms with Crippen LogP contribution in [0.3, 0.4) is 0 Å². The first-order valence-electron chi connectivity index (χ1n) is 15.7. The molecular weight excluding hydrogens is 489 g/mol. The van der Waals surface area contributed by atoms with E-state index in [0.29, 0.717) is 33.2 Å². The molecule has 216 valence electrons. The van der Waals surface area contributed by atoms with Crippen molar-refractivity contribution in [3.63, 3.8) is 0 Å². The number of benzene rings is 2. The fourth-order valence-electron chi connectivity index (χ4n) is 9.32. The maximum absolute atomic E-state index is 2.59. The normalized spacial score (nSPS) is 14.4. The van der Waals surface area contributed by atoms with E-state index in [9.17, 15) is 0 Å². The van der Waals surface area contributed by atoms with Crippen LogP contribution in [-0.2, 0) is 10.8 Å². The van der Waals surface area contributed by atoms with Gasteiger partial charge in [0.2, 0.25) is 0 Å². The van der Waals surface area contributed by atoms with E-state index in [1.807, 2.05) is 0 Å². The fourth-order valence-corrected chi connectivity index (χ4v) is 24.0. The maximum Gasteiger partial charge on any atom is 0.0954 e. The van der Waals surface area contributed by atoms with Gasteiger partial charge < -0.3 is 0 Å². The number of fused-ring (bicyclic) bond motifs is 1. The highest BCUT2D eigenvalue weighted by Crippen LogP contribution is 2.47. The lowest BCUT2D eigenvalue weighted by molar-refractivity contribution is 0.591. The molecule has 0 aliphatic heterocycles. The molecule has 2 heteroatoms. The van der Waals surface area contributed by atoms with E-state index >= 15 is 0 Å². The van der Waals surface area contributed by atoms with Gasteiger partial charge in [0, 0.05) is 0 Å². The highest BCUT2D eigenvalue weighted by atomic mass is 28.3. The molecule has 0 atom stereocenters. The second-order valence-corrected chi connectivity index (χ2v) is 28.0. The van der Waals surface area contributed by atoms with Crippen molar-refractivity contribution in [2.24, 2.45) is 0 Å². The van der Waals surface area contributed by atoms with Crippen LogP contribution in [0, 0.1) is 0 Å². The molecule has 0 nitrogen and oxygen atoms in total. The summed E-state index contributed by atoms with van der Waals surface area (Å²) in [7, 11) is -3.87. The molecular formula is C36H64Si2. The first-order valence-corrected chi connectivity index (χ1v) is 20.2. The Bertz CT molecular complexity index is 968. The summed E-state index contributed by atoms with van der Waals surface area (Å²) >= 11 is 0. The molecule has 38 heavy (non-hydrogen) atoms. The van der Waals surface area contributed by atoms with Crippen LogP contribution in [0.2, 0.25) is 33.2 Å². The molecule has 0 aliphatic rings. The Morgan fingerprint density at radius 3 is 0.763 bits per heavy atom. The van der Waals surface area contributed by atoms with Gasteiger partial charge in [-0.15, -0.1) is 0 Å². The van der Waals surface area contributed by atoms with Gasteiger partial charge in [0.15, 0.2) is 0 Å². The second-order valence-electron chi connectivity index (χ2n) is 16.4. The molecule has 2 aromatic rings. The second kappa shape index (κ2) is 11.2. The van der Waals surface area contributed by atoms with Crippen LogP contribution in [-0.4, -0.2) is 16.1 Å². The first-order chi connectivity index (χ1) is 17.1. The molecule has 0 aliphatic carbocycles. The standard InChI is InChI=1S/C36H64Si2/c1-23(2)37(24(3)4,25(5)6)33-29-19-22-32(36(16,17)18)34(30(29)20-21-31(33)35(13,14)15)38(26(7)8,27(9)10)28(11)12/h19-28H,1-18H3. The summed E-state index contributed by atoms with van der Waals surface area (Å²) in [4.78, 5) is 0. The fraction of sp³-hybridized carbons (Fsp3) is 0.722. The van der Waals surface area contributed by atoms with Gasteiger partial charge in [-0.1, -0.05) is 149 Å². The quantitative estimate of drug-likeness (QED) is 0.286. The average molecular weight is 553 g/mol. The SMILES string of the molecule is CC(C)[Si](c1c(C(C)(C)C)ccc2c([Si](C(C)C)(C(C)C)C(C)C)c(C(C)(C)C)ccc12)(C(C)C)C(C)C. The lowest BCUT2D eigenvalue weighted by atomic mass is 9.83. The van der Waals surface area contributed by atoms with Gasteiger partial charge in [0.05, 0.1) is 16.1 Å². The van der Waals surface area contributed by atoms with Crippen molar-refractivity contribution >= 4 is 37.3 Å². The van der Waals surface area contributed by atoms with Crippen LogP contribution in [0.4, 0.5) is 0 Å². The molecule has 0 bridgehead atoms. The summed E-state index contributed by atoms with van der Waals surface area (Å²) in [6, 6.07) is 10.3. The van der Waals surface area contributed by atoms with Gasteiger partial charge in [-0.25, -0.2) is 0 Å². The van der Waals surface area contributed by atoms with Crippen molar-refractivity contribution in [3.05, 3.63) is 35.4 Å². The third-order valence-corrected chi connectivity index (χ3v) is 24.7. The lowest BCUT2D eigenvalue weighted by Crippen LogP contribution is -2.60. The predicted molar refractivity (Wildman–Crippen MR) is 183 cm³/mol. The van der Waals surface area contributed by atoms with Crippen LogP contribution in [0.15, 0.2) is 24.3 Å². The van der Waals surface area contributed by atoms with E-state index in [-0.39, 0.29) is 10.8 Å². The molecule has 0 radical (unpaired) electrons. The molecule has 0 aromatic heterocycles. The molecule has 0 heterocycles. The molecule has 2 aromatic carbocycles. The summed E-state index contributed by atoms with van der Waals surface area (Å²) in [5.74, 6) is 0. The summed E-state index contributed by atoms with van der Waals surface area (Å²) in [6.07, 6.45) is 0. The molecule has 0 saturated heterocycles. The van der Waals surface area contributed by atoms with E-state index in [1.54, 1.807) is 32.3 Å². The summed E-state index contributed by atoms with van der Waals surface area (Å²) < 4.78 is 0. The molecule has 0 N–H and O–H groups in total. The maximum atomic E-state index is 2.59. The Hall–Kier alpha value is -0.866. The Morgan fingerprint density at radius 2 is 0.605 bits per heavy atom. The third kappa shape index (κ3) is 5.15. The van der Waals surface area contributed by atoms with E-state index in [1.165, 1.54) is 0 Å². The number of hydrogen-bond donors (Lipinski definition) is 0. The highest BCUT2D eigenvalue weighted by Gasteiger charge is 2.50. The zero-order valence-corrected chi connectivity index (χ0v) is 30.8. The minimum Gasteiger partial charge on any atom is -0.0648 e. The Labute approximate surface area is 240 Å². The van der Waals surface area contributed by atoms with Crippen molar-refractivity contribution in [2.75, 3.05) is 0 Å². The van der Waals surface area contributed by atoms with Gasteiger partial charge in [-0.05, 0) is 76.3 Å². The molecule has 0 spiro atoms. The minimum atomic E-state index is -1.93. The topological polar surface area (TPSA) is 0 Å². The largest absolute Gasteiger partial charge is 0.0954 e. The predicted octanol–water partition coefficient (Wildman–Crippen LogP) is 11.2. The molecule has 2 rings (SSSR count). The number of hydrogen-bond acceptors (Lipinski definition) is 0. The highest BCUT2D eigenvalue weighted by molar-refractivity contribution is 6.98. The molecule has 0 fully saturated rings. The van der Waals surface area contributed by atoms with E-state index < -0.39 is 16.1 Å². The van der Waals surface area contributed by atoms with Crippen LogP contribution >= 0.6 is 0 Å². The van der Waals surface area contributed by atoms with Crippen molar-refractivity contribution < 1.29 is 0 Å². The zero-order chi connectivity index (χ0) is 29.8. The van der Waals surface area contributed by atoms with Crippen molar-refractivity contribution in [1.29, 1.82) is 0 Å². The average Bonchev–Trinajstić information content (AvgIpc) is 2.71. The monoisotopic (exact) mass is 552 g/mol. The van der Waals surface area contributed by atoms with Crippen molar-refractivity contribution in [1.82, 2.24) is 0 Å². The van der Waals surface area contributed by atoms with Crippen LogP contribution in [0.1, 0.15) is 136 Å². The van der Waals surface area contributed by atoms with Crippen LogP contribution < -0.4 is 10.4 Å². The van der Waals surface area contributed by atoms with Crippen molar-refractivity contribution in [3.8, 4) is 0 Å². The third-order valence-electron chi connectivity index (χ3n) is 10.4. The molecule has 0 amide bonds. The lowest BCUT2D eigenvalue weighted by Gasteiger charge is -2.49. The van der Waals surface area contributed by atoms with Gasteiger partial charge in [-0.2, -0.15) is 0 Å². The molecule has 0 unspecified atom stereocenters. The number of rotatable bonds is 8. The van der Waals surface area contributed by atoms with E-state index in [4.69, 9.17) is 0 Å². The van der Waals surface area contributed by atoms with Gasteiger partial charge in [0.1, 0.15) is 0 Å². The Balaban J connectivity index is 3.47. The first kappa shape index (κ1) is 33.3. The summed E-state index contributed by atoms with van der Waals surface area (Å²) in [5.41, 5.74) is 7.54. The smallest absolute Gasteiger partial charge is 0.0648 e. The Morgan fingerprint density at radius 1 is 0.395 bits per heavy atom. The molecule has 0 saturated carbocycles. The van der Waals surface area contributed by atoms with E-state index in [0.717, 1.165) is 0 Å². The summed E-state index contributed by atoms with van der Waals surface area (Å²) in [6.45, 7) is 45.1. The van der Waals surface area contributed by atoms with Gasteiger partial charge >= 0.3 is 0 Å². The Kier molecular flexibility index (Phi) is 9.82. The zero-order valence-electron chi connectivity index (χ0n) is 28.8. The van der Waals surface area contributed by atoms with Crippen molar-refractivity contribution in [2.45, 2.75) is 169 Å². The minimum absolute atomic E-state index is 0.117. The van der Waals surface area contributed by atoms with Crippen LogP contribution in [0.5, 0.6) is 0 Å². The summed E-state index contributed by atoms with van der Waals surface area (Å²) in [5, 5.41) is 6.76. The van der Waals surface area contributed by atoms with Gasteiger partial charge in [-0.3, -0.25) is 0 Å². The van der Waals surface area contributed by atoms with Crippen LogP contribution in [0.25, 0.3) is 10.8 Å². The van der Waals surface area contributed by atoms with Gasteiger partial charge in [0.25, 0.3) is 0 Å². The van der Waals surface area contributed by atoms with E-state index in [2.05, 4.69) is 149 Å².